The molecule has 0 radical (unpaired) electrons. The van der Waals surface area contributed by atoms with Crippen molar-refractivity contribution in [3.8, 4) is 6.07 Å². The van der Waals surface area contributed by atoms with Gasteiger partial charge in [0.05, 0.1) is 17.6 Å². The van der Waals surface area contributed by atoms with Crippen LogP contribution in [0.1, 0.15) is 88.5 Å². The normalized spacial score (nSPS) is 23.5. The maximum atomic E-state index is 12.6. The molecule has 4 heteroatoms. The van der Waals surface area contributed by atoms with Crippen LogP contribution in [0.4, 0.5) is 0 Å². The highest BCUT2D eigenvalue weighted by Gasteiger charge is 2.39. The van der Waals surface area contributed by atoms with E-state index < -0.39 is 5.60 Å². The van der Waals surface area contributed by atoms with E-state index in [0.717, 1.165) is 49.7 Å². The summed E-state index contributed by atoms with van der Waals surface area (Å²) in [7, 11) is 0. The number of esters is 1. The number of ether oxygens (including phenoxy) is 1. The van der Waals surface area contributed by atoms with Gasteiger partial charge in [0.25, 0.3) is 0 Å². The zero-order chi connectivity index (χ0) is 26.6. The predicted octanol–water partition coefficient (Wildman–Crippen LogP) is 7.58. The molecule has 1 heterocycles. The van der Waals surface area contributed by atoms with Gasteiger partial charge in [-0.2, -0.15) is 5.26 Å². The lowest BCUT2D eigenvalue weighted by molar-refractivity contribution is -0.160. The zero-order valence-corrected chi connectivity index (χ0v) is 22.9. The van der Waals surface area contributed by atoms with Gasteiger partial charge in [0.1, 0.15) is 5.60 Å². The maximum absolute atomic E-state index is 12.6. The van der Waals surface area contributed by atoms with Crippen LogP contribution in [0.5, 0.6) is 0 Å². The molecule has 0 amide bonds. The maximum Gasteiger partial charge on any atom is 0.309 e. The molecule has 194 valence electrons. The Bertz CT molecular complexity index is 1210. The van der Waals surface area contributed by atoms with E-state index in [4.69, 9.17) is 4.74 Å². The summed E-state index contributed by atoms with van der Waals surface area (Å²) in [5, 5.41) is 12.8. The SMILES string of the molecule is Cc1ccc(C2=CC(CCCC3(C)CCC(C(=O)OC(C)(C)C)C3)NC=C2c2ccc(C#N)cc2)cc1. The van der Waals surface area contributed by atoms with Crippen LogP contribution >= 0.6 is 0 Å². The van der Waals surface area contributed by atoms with Crippen molar-refractivity contribution in [2.45, 2.75) is 84.8 Å². The van der Waals surface area contributed by atoms with Crippen molar-refractivity contribution in [2.24, 2.45) is 11.3 Å². The van der Waals surface area contributed by atoms with Crippen LogP contribution in [0.3, 0.4) is 0 Å². The molecule has 1 fully saturated rings. The molecule has 1 saturated carbocycles. The van der Waals surface area contributed by atoms with E-state index in [1.54, 1.807) is 0 Å². The van der Waals surface area contributed by atoms with Gasteiger partial charge in [-0.3, -0.25) is 4.79 Å². The average molecular weight is 497 g/mol. The highest BCUT2D eigenvalue weighted by atomic mass is 16.6. The van der Waals surface area contributed by atoms with Crippen LogP contribution < -0.4 is 5.32 Å². The van der Waals surface area contributed by atoms with E-state index in [2.05, 4.69) is 61.8 Å². The van der Waals surface area contributed by atoms with E-state index in [-0.39, 0.29) is 23.3 Å². The van der Waals surface area contributed by atoms with Gasteiger partial charge in [0.2, 0.25) is 0 Å². The van der Waals surface area contributed by atoms with Gasteiger partial charge >= 0.3 is 5.97 Å². The predicted molar refractivity (Wildman–Crippen MR) is 150 cm³/mol. The Kier molecular flexibility index (Phi) is 7.93. The minimum absolute atomic E-state index is 0.0305. The fourth-order valence-electron chi connectivity index (χ4n) is 5.61. The van der Waals surface area contributed by atoms with Crippen molar-refractivity contribution in [3.05, 3.63) is 83.1 Å². The van der Waals surface area contributed by atoms with Crippen molar-refractivity contribution in [2.75, 3.05) is 0 Å². The Morgan fingerprint density at radius 2 is 1.73 bits per heavy atom. The van der Waals surface area contributed by atoms with Crippen LogP contribution in [0.15, 0.2) is 60.8 Å². The highest BCUT2D eigenvalue weighted by Crippen LogP contribution is 2.46. The second kappa shape index (κ2) is 11.0. The minimum atomic E-state index is -0.422. The van der Waals surface area contributed by atoms with Crippen molar-refractivity contribution >= 4 is 17.1 Å². The van der Waals surface area contributed by atoms with E-state index in [1.807, 2.05) is 45.0 Å². The van der Waals surface area contributed by atoms with E-state index in [9.17, 15) is 10.1 Å². The molecular formula is C33H40N2O2. The fraction of sp³-hybridized carbons (Fsp3) is 0.455. The first kappa shape index (κ1) is 26.7. The monoisotopic (exact) mass is 496 g/mol. The number of benzene rings is 2. The first-order valence-electron chi connectivity index (χ1n) is 13.5. The van der Waals surface area contributed by atoms with Crippen LogP contribution in [0.2, 0.25) is 0 Å². The third-order valence-electron chi connectivity index (χ3n) is 7.66. The van der Waals surface area contributed by atoms with Crippen molar-refractivity contribution in [3.63, 3.8) is 0 Å². The topological polar surface area (TPSA) is 62.1 Å². The smallest absolute Gasteiger partial charge is 0.309 e. The number of carbonyl (C=O) groups is 1. The summed E-state index contributed by atoms with van der Waals surface area (Å²) in [5.74, 6) is -0.000654. The Balaban J connectivity index is 1.42. The summed E-state index contributed by atoms with van der Waals surface area (Å²) in [5.41, 5.74) is 6.36. The van der Waals surface area contributed by atoms with Gasteiger partial charge in [-0.1, -0.05) is 61.4 Å². The molecule has 1 N–H and O–H groups in total. The summed E-state index contributed by atoms with van der Waals surface area (Å²) in [4.78, 5) is 12.6. The molecule has 0 bridgehead atoms. The first-order valence-corrected chi connectivity index (χ1v) is 13.5. The van der Waals surface area contributed by atoms with Gasteiger partial charge in [-0.05, 0) is 94.0 Å². The summed E-state index contributed by atoms with van der Waals surface area (Å²) in [6.07, 6.45) is 10.7. The first-order chi connectivity index (χ1) is 17.5. The summed E-state index contributed by atoms with van der Waals surface area (Å²) < 4.78 is 5.66. The Morgan fingerprint density at radius 1 is 1.08 bits per heavy atom. The van der Waals surface area contributed by atoms with Gasteiger partial charge in [-0.25, -0.2) is 0 Å². The molecular weight excluding hydrogens is 456 g/mol. The lowest BCUT2D eigenvalue weighted by Gasteiger charge is -2.28. The van der Waals surface area contributed by atoms with Crippen molar-refractivity contribution < 1.29 is 9.53 Å². The Hall–Kier alpha value is -3.32. The molecule has 37 heavy (non-hydrogen) atoms. The van der Waals surface area contributed by atoms with Gasteiger partial charge < -0.3 is 10.1 Å². The number of nitrogens with one attached hydrogen (secondary N) is 1. The number of nitriles is 1. The lowest BCUT2D eigenvalue weighted by atomic mass is 9.81. The highest BCUT2D eigenvalue weighted by molar-refractivity contribution is 6.05. The zero-order valence-electron chi connectivity index (χ0n) is 22.9. The molecule has 0 saturated heterocycles. The molecule has 0 aromatic heterocycles. The number of carbonyl (C=O) groups excluding carboxylic acids is 1. The number of rotatable bonds is 7. The third kappa shape index (κ3) is 6.92. The Morgan fingerprint density at radius 3 is 2.38 bits per heavy atom. The largest absolute Gasteiger partial charge is 0.460 e. The molecule has 1 aliphatic heterocycles. The molecule has 0 spiro atoms. The summed E-state index contributed by atoms with van der Waals surface area (Å²) >= 11 is 0. The molecule has 2 aliphatic rings. The van der Waals surface area contributed by atoms with Crippen molar-refractivity contribution in [1.82, 2.24) is 5.32 Å². The van der Waals surface area contributed by atoms with E-state index in [0.29, 0.717) is 5.56 Å². The Labute approximate surface area is 222 Å². The quantitative estimate of drug-likeness (QED) is 0.401. The van der Waals surface area contributed by atoms with Crippen LogP contribution in [0, 0.1) is 29.6 Å². The molecule has 3 atom stereocenters. The molecule has 3 unspecified atom stereocenters. The number of aryl methyl sites for hydroxylation is 1. The fourth-order valence-corrected chi connectivity index (χ4v) is 5.61. The van der Waals surface area contributed by atoms with Crippen LogP contribution in [0.25, 0.3) is 11.1 Å². The van der Waals surface area contributed by atoms with Gasteiger partial charge in [-0.15, -0.1) is 0 Å². The summed E-state index contributed by atoms with van der Waals surface area (Å²) in [6.45, 7) is 10.3. The molecule has 1 aliphatic carbocycles. The number of hydrogen-bond donors (Lipinski definition) is 1. The van der Waals surface area contributed by atoms with Crippen LogP contribution in [-0.4, -0.2) is 17.6 Å². The molecule has 2 aromatic rings. The second-order valence-electron chi connectivity index (χ2n) is 12.1. The number of dihydropyridines is 1. The molecule has 4 nitrogen and oxygen atoms in total. The average Bonchev–Trinajstić information content (AvgIpc) is 3.26. The van der Waals surface area contributed by atoms with Crippen LogP contribution in [-0.2, 0) is 9.53 Å². The van der Waals surface area contributed by atoms with E-state index >= 15 is 0 Å². The molecule has 2 aromatic carbocycles. The summed E-state index contributed by atoms with van der Waals surface area (Å²) in [6, 6.07) is 19.0. The van der Waals surface area contributed by atoms with Gasteiger partial charge in [0.15, 0.2) is 0 Å². The number of hydrogen-bond acceptors (Lipinski definition) is 4. The lowest BCUT2D eigenvalue weighted by Crippen LogP contribution is -2.28. The third-order valence-corrected chi connectivity index (χ3v) is 7.66. The van der Waals surface area contributed by atoms with Gasteiger partial charge in [0, 0.05) is 17.8 Å². The van der Waals surface area contributed by atoms with E-state index in [1.165, 1.54) is 16.7 Å². The number of allylic oxidation sites excluding steroid dienone is 2. The standard InChI is InChI=1S/C33H40N2O2/c1-23-8-12-25(13-9-23)29-19-28(35-22-30(29)26-14-10-24(21-34)11-15-26)7-6-17-33(5)18-16-27(20-33)31(36)37-32(2,3)4/h8-15,19,22,27-28,35H,6-7,16-18,20H2,1-5H3. The van der Waals surface area contributed by atoms with Crippen molar-refractivity contribution in [1.29, 1.82) is 5.26 Å². The number of nitrogens with zero attached hydrogens (tertiary/aromatic N) is 1. The minimum Gasteiger partial charge on any atom is -0.460 e. The molecule has 4 rings (SSSR count). The second-order valence-corrected chi connectivity index (χ2v) is 12.1.